The molecule has 5 heteroatoms. The Kier molecular flexibility index (Phi) is 5.60. The maximum atomic E-state index is 10.9. The van der Waals surface area contributed by atoms with E-state index in [1.165, 1.54) is 38.5 Å². The van der Waals surface area contributed by atoms with Gasteiger partial charge in [-0.15, -0.1) is 0 Å². The van der Waals surface area contributed by atoms with E-state index in [0.717, 1.165) is 13.0 Å². The van der Waals surface area contributed by atoms with Gasteiger partial charge in [0.05, 0.1) is 0 Å². The van der Waals surface area contributed by atoms with Gasteiger partial charge in [0.1, 0.15) is 6.10 Å². The van der Waals surface area contributed by atoms with Crippen LogP contribution in [-0.4, -0.2) is 42.3 Å². The average molecular weight is 269 g/mol. The number of rotatable bonds is 5. The number of primary amides is 1. The highest BCUT2D eigenvalue weighted by Gasteiger charge is 2.32. The molecule has 5 nitrogen and oxygen atoms in total. The monoisotopic (exact) mass is 269 g/mol. The first-order chi connectivity index (χ1) is 9.18. The van der Waals surface area contributed by atoms with Crippen molar-refractivity contribution in [3.8, 4) is 0 Å². The minimum atomic E-state index is -1.07. The Morgan fingerprint density at radius 1 is 1.26 bits per heavy atom. The summed E-state index contributed by atoms with van der Waals surface area (Å²) in [6.45, 7) is 1.40. The summed E-state index contributed by atoms with van der Waals surface area (Å²) in [7, 11) is 0. The Balaban J connectivity index is 1.86. The Labute approximate surface area is 115 Å². The molecule has 1 saturated heterocycles. The number of nitrogens with two attached hydrogens (primary N) is 1. The molecule has 19 heavy (non-hydrogen) atoms. The first kappa shape index (κ1) is 14.8. The third-order valence-electron chi connectivity index (χ3n) is 4.59. The first-order valence-corrected chi connectivity index (χ1v) is 7.62. The number of nitrogens with one attached hydrogen (secondary N) is 2. The molecule has 2 fully saturated rings. The minimum Gasteiger partial charge on any atom is -0.382 e. The van der Waals surface area contributed by atoms with Crippen LogP contribution < -0.4 is 16.4 Å². The lowest BCUT2D eigenvalue weighted by Gasteiger charge is -2.40. The number of amides is 1. The second-order valence-corrected chi connectivity index (χ2v) is 5.94. The fourth-order valence-electron chi connectivity index (χ4n) is 3.50. The predicted molar refractivity (Wildman–Crippen MR) is 74.6 cm³/mol. The fourth-order valence-corrected chi connectivity index (χ4v) is 3.50. The zero-order chi connectivity index (χ0) is 13.7. The van der Waals surface area contributed by atoms with Crippen molar-refractivity contribution in [3.63, 3.8) is 0 Å². The summed E-state index contributed by atoms with van der Waals surface area (Å²) >= 11 is 0. The first-order valence-electron chi connectivity index (χ1n) is 7.62. The highest BCUT2D eigenvalue weighted by molar-refractivity contribution is 5.78. The predicted octanol–water partition coefficient (Wildman–Crippen LogP) is 0.123. The van der Waals surface area contributed by atoms with E-state index in [1.807, 2.05) is 0 Å². The summed E-state index contributed by atoms with van der Waals surface area (Å²) in [6.07, 6.45) is 7.67. The summed E-state index contributed by atoms with van der Waals surface area (Å²) in [5.74, 6) is -0.0234. The van der Waals surface area contributed by atoms with E-state index in [1.54, 1.807) is 0 Å². The second kappa shape index (κ2) is 7.22. The molecule has 4 atom stereocenters. The molecule has 110 valence electrons. The minimum absolute atomic E-state index is 0.281. The largest absolute Gasteiger partial charge is 0.382 e. The van der Waals surface area contributed by atoms with Gasteiger partial charge in [0, 0.05) is 18.6 Å². The molecule has 0 aromatic heterocycles. The number of piperidine rings is 1. The Morgan fingerprint density at radius 3 is 2.68 bits per heavy atom. The van der Waals surface area contributed by atoms with Crippen LogP contribution in [0.1, 0.15) is 44.9 Å². The average Bonchev–Trinajstić information content (AvgIpc) is 2.46. The third kappa shape index (κ3) is 4.16. The summed E-state index contributed by atoms with van der Waals surface area (Å²) in [5, 5.41) is 16.5. The molecule has 0 spiro atoms. The highest BCUT2D eigenvalue weighted by Crippen LogP contribution is 2.30. The van der Waals surface area contributed by atoms with Crippen molar-refractivity contribution in [2.24, 2.45) is 11.7 Å². The van der Waals surface area contributed by atoms with E-state index in [2.05, 4.69) is 10.6 Å². The number of hydrogen-bond donors (Lipinski definition) is 4. The van der Waals surface area contributed by atoms with Crippen LogP contribution in [0.3, 0.4) is 0 Å². The van der Waals surface area contributed by atoms with Crippen molar-refractivity contribution < 1.29 is 9.90 Å². The van der Waals surface area contributed by atoms with E-state index in [9.17, 15) is 9.90 Å². The Morgan fingerprint density at radius 2 is 2.00 bits per heavy atom. The molecule has 0 aromatic carbocycles. The van der Waals surface area contributed by atoms with E-state index >= 15 is 0 Å². The van der Waals surface area contributed by atoms with Crippen LogP contribution >= 0.6 is 0 Å². The van der Waals surface area contributed by atoms with Gasteiger partial charge >= 0.3 is 0 Å². The summed E-state index contributed by atoms with van der Waals surface area (Å²) in [6, 6.07) is 0.996. The normalized spacial score (nSPS) is 33.8. The standard InChI is InChI=1S/C14H27N3O2/c15-14(19)13(18)9-17-12-6-2-1-5-10(12)11-7-3-4-8-16-11/h10-13,16-18H,1-9H2,(H2,15,19). The molecule has 1 amide bonds. The van der Waals surface area contributed by atoms with Crippen LogP contribution in [0, 0.1) is 5.92 Å². The van der Waals surface area contributed by atoms with Crippen molar-refractivity contribution in [2.75, 3.05) is 13.1 Å². The number of hydrogen-bond acceptors (Lipinski definition) is 4. The molecule has 1 heterocycles. The SMILES string of the molecule is NC(=O)C(O)CNC1CCCCC1C1CCCCN1. The van der Waals surface area contributed by atoms with Gasteiger partial charge in [-0.3, -0.25) is 4.79 Å². The van der Waals surface area contributed by atoms with Gasteiger partial charge in [0.15, 0.2) is 0 Å². The fraction of sp³-hybridized carbons (Fsp3) is 0.929. The van der Waals surface area contributed by atoms with Crippen LogP contribution in [0.15, 0.2) is 0 Å². The van der Waals surface area contributed by atoms with Gasteiger partial charge in [-0.05, 0) is 38.1 Å². The molecule has 4 unspecified atom stereocenters. The van der Waals surface area contributed by atoms with E-state index in [4.69, 9.17) is 5.73 Å². The van der Waals surface area contributed by atoms with Gasteiger partial charge in [0.2, 0.25) is 5.91 Å². The molecule has 0 bridgehead atoms. The van der Waals surface area contributed by atoms with E-state index < -0.39 is 12.0 Å². The number of carbonyl (C=O) groups is 1. The molecule has 5 N–H and O–H groups in total. The number of aliphatic hydroxyl groups excluding tert-OH is 1. The molecule has 0 aromatic rings. The zero-order valence-corrected chi connectivity index (χ0v) is 11.6. The van der Waals surface area contributed by atoms with Crippen molar-refractivity contribution in [1.29, 1.82) is 0 Å². The van der Waals surface area contributed by atoms with Crippen LogP contribution in [-0.2, 0) is 4.79 Å². The lowest BCUT2D eigenvalue weighted by Crippen LogP contribution is -2.52. The molecule has 2 aliphatic rings. The third-order valence-corrected chi connectivity index (χ3v) is 4.59. The summed E-state index contributed by atoms with van der Waals surface area (Å²) in [5.41, 5.74) is 5.09. The highest BCUT2D eigenvalue weighted by atomic mass is 16.3. The maximum absolute atomic E-state index is 10.9. The van der Waals surface area contributed by atoms with Gasteiger partial charge in [-0.25, -0.2) is 0 Å². The topological polar surface area (TPSA) is 87.4 Å². The number of aliphatic hydroxyl groups is 1. The van der Waals surface area contributed by atoms with Crippen molar-refractivity contribution in [2.45, 2.75) is 63.1 Å². The van der Waals surface area contributed by atoms with Crippen LogP contribution in [0.2, 0.25) is 0 Å². The molecular formula is C14H27N3O2. The molecule has 2 rings (SSSR count). The second-order valence-electron chi connectivity index (χ2n) is 5.94. The molecule has 1 aliphatic heterocycles. The van der Waals surface area contributed by atoms with Crippen molar-refractivity contribution >= 4 is 5.91 Å². The number of carbonyl (C=O) groups excluding carboxylic acids is 1. The van der Waals surface area contributed by atoms with Gasteiger partial charge in [0.25, 0.3) is 0 Å². The van der Waals surface area contributed by atoms with Gasteiger partial charge in [-0.1, -0.05) is 19.3 Å². The Hall–Kier alpha value is -0.650. The van der Waals surface area contributed by atoms with E-state index in [-0.39, 0.29) is 6.54 Å². The quantitative estimate of drug-likeness (QED) is 0.571. The van der Waals surface area contributed by atoms with Crippen molar-refractivity contribution in [1.82, 2.24) is 10.6 Å². The lowest BCUT2D eigenvalue weighted by molar-refractivity contribution is -0.125. The molecule has 1 saturated carbocycles. The molecule has 0 radical (unpaired) electrons. The zero-order valence-electron chi connectivity index (χ0n) is 11.6. The van der Waals surface area contributed by atoms with Crippen LogP contribution in [0.4, 0.5) is 0 Å². The smallest absolute Gasteiger partial charge is 0.247 e. The lowest BCUT2D eigenvalue weighted by atomic mass is 9.77. The van der Waals surface area contributed by atoms with Gasteiger partial charge < -0.3 is 21.5 Å². The van der Waals surface area contributed by atoms with Crippen LogP contribution in [0.5, 0.6) is 0 Å². The Bertz CT molecular complexity index is 292. The summed E-state index contributed by atoms with van der Waals surface area (Å²) < 4.78 is 0. The van der Waals surface area contributed by atoms with Gasteiger partial charge in [-0.2, -0.15) is 0 Å². The van der Waals surface area contributed by atoms with E-state index in [0.29, 0.717) is 18.0 Å². The van der Waals surface area contributed by atoms with Crippen molar-refractivity contribution in [3.05, 3.63) is 0 Å². The maximum Gasteiger partial charge on any atom is 0.247 e. The molecular weight excluding hydrogens is 242 g/mol. The molecule has 1 aliphatic carbocycles. The van der Waals surface area contributed by atoms with Crippen LogP contribution in [0.25, 0.3) is 0 Å². The summed E-state index contributed by atoms with van der Waals surface area (Å²) in [4.78, 5) is 10.9.